The van der Waals surface area contributed by atoms with Crippen molar-refractivity contribution in [3.8, 4) is 5.75 Å². The van der Waals surface area contributed by atoms with Crippen LogP contribution in [0.15, 0.2) is 24.3 Å². The molecule has 72 valence electrons. The van der Waals surface area contributed by atoms with Crippen molar-refractivity contribution in [2.75, 3.05) is 12.5 Å². The number of alkyl halides is 1. The largest absolute Gasteiger partial charge is 0.494 e. The van der Waals surface area contributed by atoms with E-state index >= 15 is 0 Å². The summed E-state index contributed by atoms with van der Waals surface area (Å²) in [5, 5.41) is 0. The first-order valence-corrected chi connectivity index (χ1v) is 5.18. The number of hydrogen-bond donors (Lipinski definition) is 0. The van der Waals surface area contributed by atoms with Crippen molar-refractivity contribution in [1.82, 2.24) is 0 Å². The molecule has 1 nitrogen and oxygen atoms in total. The van der Waals surface area contributed by atoms with E-state index in [1.165, 1.54) is 5.56 Å². The van der Waals surface area contributed by atoms with Crippen LogP contribution in [0.4, 0.5) is 0 Å². The van der Waals surface area contributed by atoms with Gasteiger partial charge in [0.15, 0.2) is 0 Å². The first-order chi connectivity index (χ1) is 6.36. The molecular formula is C11H15ClO. The average molecular weight is 199 g/mol. The Morgan fingerprint density at radius 3 is 2.92 bits per heavy atom. The molecule has 0 amide bonds. The molecule has 0 saturated carbocycles. The number of benzene rings is 1. The summed E-state index contributed by atoms with van der Waals surface area (Å²) in [7, 11) is 0. The van der Waals surface area contributed by atoms with Gasteiger partial charge in [-0.25, -0.2) is 0 Å². The summed E-state index contributed by atoms with van der Waals surface area (Å²) in [4.78, 5) is 0. The van der Waals surface area contributed by atoms with Gasteiger partial charge in [-0.2, -0.15) is 0 Å². The van der Waals surface area contributed by atoms with Gasteiger partial charge in [0.05, 0.1) is 6.61 Å². The van der Waals surface area contributed by atoms with Gasteiger partial charge in [0.1, 0.15) is 5.75 Å². The van der Waals surface area contributed by atoms with Crippen molar-refractivity contribution < 1.29 is 4.74 Å². The summed E-state index contributed by atoms with van der Waals surface area (Å²) in [6, 6.07) is 8.19. The first kappa shape index (κ1) is 10.4. The molecular weight excluding hydrogens is 184 g/mol. The maximum atomic E-state index is 5.55. The topological polar surface area (TPSA) is 9.23 Å². The quantitative estimate of drug-likeness (QED) is 0.521. The zero-order chi connectivity index (χ0) is 9.52. The van der Waals surface area contributed by atoms with Crippen molar-refractivity contribution in [3.63, 3.8) is 0 Å². The molecule has 0 aromatic heterocycles. The SMILES string of the molecule is CCc1cccc(OCCCCl)c1. The molecule has 13 heavy (non-hydrogen) atoms. The fourth-order valence-electron chi connectivity index (χ4n) is 1.10. The standard InChI is InChI=1S/C11H15ClO/c1-2-10-5-3-6-11(9-10)13-8-4-7-12/h3,5-6,9H,2,4,7-8H2,1H3. The molecule has 1 aromatic carbocycles. The minimum atomic E-state index is 0.660. The summed E-state index contributed by atoms with van der Waals surface area (Å²) in [5.41, 5.74) is 1.31. The van der Waals surface area contributed by atoms with Gasteiger partial charge in [0, 0.05) is 5.88 Å². The van der Waals surface area contributed by atoms with Crippen LogP contribution >= 0.6 is 11.6 Å². The van der Waals surface area contributed by atoms with E-state index in [9.17, 15) is 0 Å². The van der Waals surface area contributed by atoms with Crippen LogP contribution in [0, 0.1) is 0 Å². The molecule has 0 aliphatic carbocycles. The highest BCUT2D eigenvalue weighted by atomic mass is 35.5. The van der Waals surface area contributed by atoms with E-state index in [2.05, 4.69) is 19.1 Å². The smallest absolute Gasteiger partial charge is 0.119 e. The van der Waals surface area contributed by atoms with Crippen molar-refractivity contribution >= 4 is 11.6 Å². The molecule has 0 N–H and O–H groups in total. The highest BCUT2D eigenvalue weighted by molar-refractivity contribution is 6.17. The Morgan fingerprint density at radius 1 is 1.38 bits per heavy atom. The molecule has 1 rings (SSSR count). The second-order valence-corrected chi connectivity index (χ2v) is 3.27. The molecule has 2 heteroatoms. The molecule has 0 heterocycles. The third-order valence-electron chi connectivity index (χ3n) is 1.85. The van der Waals surface area contributed by atoms with Crippen LogP contribution in [-0.2, 0) is 6.42 Å². The molecule has 0 radical (unpaired) electrons. The second-order valence-electron chi connectivity index (χ2n) is 2.89. The summed E-state index contributed by atoms with van der Waals surface area (Å²) in [5.74, 6) is 1.61. The first-order valence-electron chi connectivity index (χ1n) is 4.64. The van der Waals surface area contributed by atoms with Crippen molar-refractivity contribution in [3.05, 3.63) is 29.8 Å². The Bertz CT molecular complexity index is 248. The van der Waals surface area contributed by atoms with E-state index in [1.807, 2.05) is 12.1 Å². The molecule has 0 atom stereocenters. The maximum Gasteiger partial charge on any atom is 0.119 e. The summed E-state index contributed by atoms with van der Waals surface area (Å²) in [6.45, 7) is 2.84. The van der Waals surface area contributed by atoms with Crippen molar-refractivity contribution in [2.45, 2.75) is 19.8 Å². The van der Waals surface area contributed by atoms with Gasteiger partial charge in [-0.3, -0.25) is 0 Å². The highest BCUT2D eigenvalue weighted by Crippen LogP contribution is 2.13. The predicted octanol–water partition coefficient (Wildman–Crippen LogP) is 3.26. The van der Waals surface area contributed by atoms with Crippen LogP contribution in [0.1, 0.15) is 18.9 Å². The lowest BCUT2D eigenvalue weighted by Gasteiger charge is -2.05. The van der Waals surface area contributed by atoms with Gasteiger partial charge in [0.25, 0.3) is 0 Å². The lowest BCUT2D eigenvalue weighted by Crippen LogP contribution is -1.97. The van der Waals surface area contributed by atoms with Crippen LogP contribution < -0.4 is 4.74 Å². The molecule has 0 aliphatic heterocycles. The average Bonchev–Trinajstić information content (AvgIpc) is 2.19. The highest BCUT2D eigenvalue weighted by Gasteiger charge is 1.94. The minimum Gasteiger partial charge on any atom is -0.494 e. The van der Waals surface area contributed by atoms with Gasteiger partial charge in [-0.05, 0) is 30.5 Å². The van der Waals surface area contributed by atoms with E-state index in [1.54, 1.807) is 0 Å². The van der Waals surface area contributed by atoms with Crippen LogP contribution in [0.5, 0.6) is 5.75 Å². The molecule has 0 fully saturated rings. The van der Waals surface area contributed by atoms with E-state index < -0.39 is 0 Å². The number of rotatable bonds is 5. The molecule has 0 unspecified atom stereocenters. The van der Waals surface area contributed by atoms with E-state index in [0.29, 0.717) is 12.5 Å². The lowest BCUT2D eigenvalue weighted by atomic mass is 10.2. The van der Waals surface area contributed by atoms with Gasteiger partial charge in [0.2, 0.25) is 0 Å². The Hall–Kier alpha value is -0.690. The fraction of sp³-hybridized carbons (Fsp3) is 0.455. The number of halogens is 1. The fourth-order valence-corrected chi connectivity index (χ4v) is 1.21. The van der Waals surface area contributed by atoms with Gasteiger partial charge >= 0.3 is 0 Å². The zero-order valence-corrected chi connectivity index (χ0v) is 8.68. The summed E-state index contributed by atoms with van der Waals surface area (Å²) in [6.07, 6.45) is 1.95. The molecule has 0 aliphatic rings. The molecule has 0 spiro atoms. The number of aryl methyl sites for hydroxylation is 1. The molecule has 0 saturated heterocycles. The third kappa shape index (κ3) is 3.69. The maximum absolute atomic E-state index is 5.55. The van der Waals surface area contributed by atoms with Gasteiger partial charge in [-0.1, -0.05) is 19.1 Å². The lowest BCUT2D eigenvalue weighted by molar-refractivity contribution is 0.318. The Balaban J connectivity index is 2.46. The van der Waals surface area contributed by atoms with E-state index in [0.717, 1.165) is 18.6 Å². The normalized spacial score (nSPS) is 10.0. The van der Waals surface area contributed by atoms with Crippen LogP contribution in [0.3, 0.4) is 0 Å². The van der Waals surface area contributed by atoms with E-state index in [4.69, 9.17) is 16.3 Å². The molecule has 0 bridgehead atoms. The van der Waals surface area contributed by atoms with Crippen LogP contribution in [0.25, 0.3) is 0 Å². The Morgan fingerprint density at radius 2 is 2.23 bits per heavy atom. The summed E-state index contributed by atoms with van der Waals surface area (Å²) >= 11 is 5.55. The minimum absolute atomic E-state index is 0.660. The van der Waals surface area contributed by atoms with Crippen LogP contribution in [-0.4, -0.2) is 12.5 Å². The van der Waals surface area contributed by atoms with Gasteiger partial charge in [-0.15, -0.1) is 11.6 Å². The predicted molar refractivity (Wildman–Crippen MR) is 56.7 cm³/mol. The number of hydrogen-bond acceptors (Lipinski definition) is 1. The van der Waals surface area contributed by atoms with Crippen LogP contribution in [0.2, 0.25) is 0 Å². The van der Waals surface area contributed by atoms with Crippen molar-refractivity contribution in [1.29, 1.82) is 0 Å². The monoisotopic (exact) mass is 198 g/mol. The van der Waals surface area contributed by atoms with E-state index in [-0.39, 0.29) is 0 Å². The van der Waals surface area contributed by atoms with Crippen molar-refractivity contribution in [2.24, 2.45) is 0 Å². The second kappa shape index (κ2) is 5.87. The number of ether oxygens (including phenoxy) is 1. The Kier molecular flexibility index (Phi) is 4.69. The summed E-state index contributed by atoms with van der Waals surface area (Å²) < 4.78 is 5.50. The van der Waals surface area contributed by atoms with Gasteiger partial charge < -0.3 is 4.74 Å². The molecule has 1 aromatic rings. The Labute approximate surface area is 84.7 Å². The third-order valence-corrected chi connectivity index (χ3v) is 2.12. The zero-order valence-electron chi connectivity index (χ0n) is 7.92.